The zero-order valence-electron chi connectivity index (χ0n) is 19.4. The molecular weight excluding hydrogens is 588 g/mol. The molecular formula is C21H18O17S2. The van der Waals surface area contributed by atoms with Gasteiger partial charge in [0.25, 0.3) is 0 Å². The summed E-state index contributed by atoms with van der Waals surface area (Å²) in [6.45, 7) is 0. The summed E-state index contributed by atoms with van der Waals surface area (Å²) in [6.07, 6.45) is -10.6. The molecule has 1 aliphatic heterocycles. The van der Waals surface area contributed by atoms with Crippen LogP contribution in [0.4, 0.5) is 0 Å². The number of aliphatic carboxylic acids is 1. The molecule has 5 atom stereocenters. The van der Waals surface area contributed by atoms with Crippen LogP contribution in [0.5, 0.6) is 17.2 Å². The van der Waals surface area contributed by atoms with Gasteiger partial charge in [-0.2, -0.15) is 16.8 Å². The first-order chi connectivity index (χ1) is 18.6. The molecule has 2 aromatic carbocycles. The minimum absolute atomic E-state index is 0.0848. The second-order valence-corrected chi connectivity index (χ2v) is 10.2. The zero-order chi connectivity index (χ0) is 29.6. The first kappa shape index (κ1) is 29.2. The molecule has 0 saturated carbocycles. The van der Waals surface area contributed by atoms with Crippen molar-refractivity contribution >= 4 is 37.7 Å². The van der Waals surface area contributed by atoms with Gasteiger partial charge in [0, 0.05) is 5.56 Å². The summed E-state index contributed by atoms with van der Waals surface area (Å²) >= 11 is 0. The summed E-state index contributed by atoms with van der Waals surface area (Å²) in [5, 5.41) is 39.3. The minimum Gasteiger partial charge on any atom is -0.479 e. The molecule has 0 spiro atoms. The van der Waals surface area contributed by atoms with Crippen molar-refractivity contribution in [2.24, 2.45) is 0 Å². The topological polar surface area (TPSA) is 274 Å². The van der Waals surface area contributed by atoms with Crippen molar-refractivity contribution in [2.45, 2.75) is 30.7 Å². The van der Waals surface area contributed by atoms with E-state index in [1.54, 1.807) is 0 Å². The first-order valence-corrected chi connectivity index (χ1v) is 13.4. The Kier molecular flexibility index (Phi) is 7.75. The molecule has 6 N–H and O–H groups in total. The third-order valence-electron chi connectivity index (χ3n) is 5.40. The second kappa shape index (κ2) is 10.6. The van der Waals surface area contributed by atoms with Crippen LogP contribution in [0.15, 0.2) is 51.7 Å². The van der Waals surface area contributed by atoms with Crippen molar-refractivity contribution < 1.29 is 73.4 Å². The van der Waals surface area contributed by atoms with Gasteiger partial charge in [0.1, 0.15) is 23.9 Å². The number of carboxylic acid groups (broad SMARTS) is 1. The van der Waals surface area contributed by atoms with Crippen molar-refractivity contribution in [1.82, 2.24) is 0 Å². The summed E-state index contributed by atoms with van der Waals surface area (Å²) in [6, 6.07) is 8.09. The molecule has 1 saturated heterocycles. The van der Waals surface area contributed by atoms with Crippen LogP contribution in [-0.4, -0.2) is 83.0 Å². The number of rotatable bonds is 8. The average Bonchev–Trinajstić information content (AvgIpc) is 2.85. The summed E-state index contributed by atoms with van der Waals surface area (Å²) in [5.74, 6) is -5.02. The van der Waals surface area contributed by atoms with Crippen LogP contribution in [0, 0.1) is 0 Å². The van der Waals surface area contributed by atoms with E-state index in [4.69, 9.17) is 18.4 Å². The predicted molar refractivity (Wildman–Crippen MR) is 127 cm³/mol. The van der Waals surface area contributed by atoms with E-state index in [0.717, 1.165) is 18.2 Å². The number of carbonyl (C=O) groups is 1. The summed E-state index contributed by atoms with van der Waals surface area (Å²) in [7, 11) is -10.5. The number of fused-ring (bicyclic) bond motifs is 1. The molecule has 216 valence electrons. The van der Waals surface area contributed by atoms with Crippen LogP contribution < -0.4 is 18.5 Å². The van der Waals surface area contributed by atoms with E-state index in [0.29, 0.717) is 0 Å². The molecule has 2 heterocycles. The van der Waals surface area contributed by atoms with Crippen LogP contribution >= 0.6 is 0 Å². The van der Waals surface area contributed by atoms with E-state index in [1.807, 2.05) is 0 Å². The van der Waals surface area contributed by atoms with Gasteiger partial charge >= 0.3 is 26.8 Å². The zero-order valence-corrected chi connectivity index (χ0v) is 21.1. The molecule has 4 rings (SSSR count). The minimum atomic E-state index is -5.29. The van der Waals surface area contributed by atoms with E-state index in [2.05, 4.69) is 8.37 Å². The first-order valence-electron chi connectivity index (χ1n) is 10.7. The molecule has 0 bridgehead atoms. The van der Waals surface area contributed by atoms with Gasteiger partial charge in [0.05, 0.1) is 5.39 Å². The van der Waals surface area contributed by atoms with Crippen LogP contribution in [-0.2, 0) is 30.3 Å². The van der Waals surface area contributed by atoms with Crippen molar-refractivity contribution in [3.63, 3.8) is 0 Å². The maximum absolute atomic E-state index is 13.0. The number of para-hydroxylation sites is 1. The Hall–Kier alpha value is -3.82. The van der Waals surface area contributed by atoms with Crippen LogP contribution in [0.1, 0.15) is 0 Å². The lowest BCUT2D eigenvalue weighted by atomic mass is 9.99. The lowest BCUT2D eigenvalue weighted by molar-refractivity contribution is -0.271. The molecule has 1 fully saturated rings. The number of ether oxygens (including phenoxy) is 2. The molecule has 1 aromatic heterocycles. The number of carboxylic acids is 1. The highest BCUT2D eigenvalue weighted by molar-refractivity contribution is 7.81. The van der Waals surface area contributed by atoms with Gasteiger partial charge in [-0.1, -0.05) is 12.1 Å². The number of hydrogen-bond donors (Lipinski definition) is 6. The molecule has 1 aliphatic rings. The maximum Gasteiger partial charge on any atom is 0.446 e. The monoisotopic (exact) mass is 606 g/mol. The van der Waals surface area contributed by atoms with Gasteiger partial charge in [-0.25, -0.2) is 4.79 Å². The molecule has 40 heavy (non-hydrogen) atoms. The molecule has 17 nitrogen and oxygen atoms in total. The van der Waals surface area contributed by atoms with E-state index >= 15 is 0 Å². The van der Waals surface area contributed by atoms with E-state index in [-0.39, 0.29) is 16.5 Å². The molecule has 3 aromatic rings. The summed E-state index contributed by atoms with van der Waals surface area (Å²) < 4.78 is 88.8. The quantitative estimate of drug-likeness (QED) is 0.169. The van der Waals surface area contributed by atoms with Gasteiger partial charge in [-0.3, -0.25) is 13.9 Å². The second-order valence-electron chi connectivity index (χ2n) is 8.12. The third-order valence-corrected chi connectivity index (χ3v) is 6.17. The average molecular weight is 606 g/mol. The largest absolute Gasteiger partial charge is 0.479 e. The number of aliphatic hydroxyl groups excluding tert-OH is 3. The van der Waals surface area contributed by atoms with Crippen molar-refractivity contribution in [1.29, 1.82) is 0 Å². The van der Waals surface area contributed by atoms with Gasteiger partial charge in [0.15, 0.2) is 23.4 Å². The Morgan fingerprint density at radius 1 is 0.850 bits per heavy atom. The highest BCUT2D eigenvalue weighted by atomic mass is 32.3. The Morgan fingerprint density at radius 3 is 2.12 bits per heavy atom. The smallest absolute Gasteiger partial charge is 0.446 e. The van der Waals surface area contributed by atoms with E-state index < -0.39 is 85.9 Å². The van der Waals surface area contributed by atoms with Crippen molar-refractivity contribution in [2.75, 3.05) is 0 Å². The Morgan fingerprint density at radius 2 is 1.50 bits per heavy atom. The van der Waals surface area contributed by atoms with Gasteiger partial charge in [-0.15, -0.1) is 0 Å². The molecule has 0 amide bonds. The number of aliphatic hydroxyl groups is 3. The Labute approximate surface area is 223 Å². The molecule has 0 aliphatic carbocycles. The highest BCUT2D eigenvalue weighted by Gasteiger charge is 2.48. The van der Waals surface area contributed by atoms with Crippen molar-refractivity contribution in [3.05, 3.63) is 52.7 Å². The fourth-order valence-corrected chi connectivity index (χ4v) is 4.42. The van der Waals surface area contributed by atoms with E-state index in [1.165, 1.54) is 24.3 Å². The normalized spacial score (nSPS) is 23.5. The highest BCUT2D eigenvalue weighted by Crippen LogP contribution is 2.39. The number of benzene rings is 2. The lowest BCUT2D eigenvalue weighted by Gasteiger charge is -2.38. The van der Waals surface area contributed by atoms with Crippen molar-refractivity contribution in [3.8, 4) is 28.6 Å². The fraction of sp³-hybridized carbons (Fsp3) is 0.238. The van der Waals surface area contributed by atoms with Gasteiger partial charge in [-0.05, 0) is 30.3 Å². The third kappa shape index (κ3) is 6.16. The van der Waals surface area contributed by atoms with Crippen LogP contribution in [0.25, 0.3) is 22.3 Å². The summed E-state index contributed by atoms with van der Waals surface area (Å²) in [4.78, 5) is 24.4. The molecule has 19 heteroatoms. The lowest BCUT2D eigenvalue weighted by Crippen LogP contribution is -2.61. The van der Waals surface area contributed by atoms with Gasteiger partial charge < -0.3 is 42.7 Å². The Bertz CT molecular complexity index is 1730. The fourth-order valence-electron chi connectivity index (χ4n) is 3.69. The summed E-state index contributed by atoms with van der Waals surface area (Å²) in [5.41, 5.74) is -1.44. The SMILES string of the molecule is O=C(O)[C@@H]1O[C@H](Oc2cc(-c3oc4ccccc4c(=O)c3OS(=O)(=O)O)ccc2OS(=O)(=O)O)[C@@H](O)[C@H](O)[C@H]1O. The predicted octanol–water partition coefficient (Wildman–Crippen LogP) is -0.906. The van der Waals surface area contributed by atoms with Crippen LogP contribution in [0.2, 0.25) is 0 Å². The number of hydrogen-bond acceptors (Lipinski definition) is 14. The maximum atomic E-state index is 13.0. The molecule has 0 radical (unpaired) electrons. The standard InChI is InChI=1S/C21H18O17S2/c22-13-9-3-1-2-4-10(9)34-17(18(13)38-40(31,32)33)8-5-6-11(37-39(28,29)30)12(7-8)35-21-16(25)14(23)15(24)19(36-21)20(26)27/h1-7,14-16,19,21,23-25H,(H,26,27)(H,28,29,30)(H,31,32,33)/t14-,15-,16+,19-,21+/m1/s1. The van der Waals surface area contributed by atoms with E-state index in [9.17, 15) is 51.4 Å². The molecule has 0 unspecified atom stereocenters. The van der Waals surface area contributed by atoms with Crippen LogP contribution in [0.3, 0.4) is 0 Å². The Balaban J connectivity index is 1.88. The van der Waals surface area contributed by atoms with Gasteiger partial charge in [0.2, 0.25) is 17.5 Å².